The van der Waals surface area contributed by atoms with Crippen molar-refractivity contribution >= 4 is 45.6 Å². The molecule has 1 aromatic heterocycles. The third-order valence-electron chi connectivity index (χ3n) is 3.51. The number of anilines is 2. The number of hydrogen-bond donors (Lipinski definition) is 2. The second-order valence-electron chi connectivity index (χ2n) is 5.26. The highest BCUT2D eigenvalue weighted by atomic mass is 35.5. The van der Waals surface area contributed by atoms with E-state index in [1.807, 2.05) is 19.1 Å². The molecule has 0 aliphatic heterocycles. The van der Waals surface area contributed by atoms with Crippen LogP contribution in [0.3, 0.4) is 0 Å². The molecule has 0 saturated carbocycles. The number of thiazole rings is 1. The van der Waals surface area contributed by atoms with Gasteiger partial charge in [0.1, 0.15) is 0 Å². The van der Waals surface area contributed by atoms with Crippen molar-refractivity contribution in [2.75, 3.05) is 10.6 Å². The lowest BCUT2D eigenvalue weighted by Gasteiger charge is -2.10. The van der Waals surface area contributed by atoms with Gasteiger partial charge in [-0.15, -0.1) is 11.3 Å². The predicted molar refractivity (Wildman–Crippen MR) is 101 cm³/mol. The third-order valence-corrected chi connectivity index (χ3v) is 4.52. The highest BCUT2D eigenvalue weighted by Crippen LogP contribution is 2.23. The van der Waals surface area contributed by atoms with Crippen LogP contribution in [0.15, 0.2) is 54.0 Å². The lowest BCUT2D eigenvalue weighted by molar-refractivity contribution is 0.101. The van der Waals surface area contributed by atoms with E-state index in [9.17, 15) is 9.59 Å². The number of carbonyl (C=O) groups is 2. The van der Waals surface area contributed by atoms with Crippen LogP contribution in [-0.4, -0.2) is 16.8 Å². The molecule has 0 spiro atoms. The van der Waals surface area contributed by atoms with Gasteiger partial charge in [-0.25, -0.2) is 4.98 Å². The van der Waals surface area contributed by atoms with Crippen molar-refractivity contribution in [2.45, 2.75) is 6.92 Å². The first-order valence-electron chi connectivity index (χ1n) is 7.42. The molecule has 0 fully saturated rings. The predicted octanol–water partition coefficient (Wildman–Crippen LogP) is 4.61. The molecule has 0 aliphatic carbocycles. The molecule has 3 rings (SSSR count). The zero-order valence-corrected chi connectivity index (χ0v) is 14.8. The monoisotopic (exact) mass is 371 g/mol. The fourth-order valence-electron chi connectivity index (χ4n) is 2.25. The SMILES string of the molecule is Cc1ccccc1C(=O)Nc1ccc(C(=O)Nc2nccs2)c(Cl)c1. The number of hydrogen-bond acceptors (Lipinski definition) is 4. The van der Waals surface area contributed by atoms with E-state index in [4.69, 9.17) is 11.6 Å². The van der Waals surface area contributed by atoms with E-state index in [0.29, 0.717) is 21.9 Å². The molecule has 126 valence electrons. The van der Waals surface area contributed by atoms with Gasteiger partial charge in [0.15, 0.2) is 5.13 Å². The van der Waals surface area contributed by atoms with Crippen LogP contribution in [0.5, 0.6) is 0 Å². The van der Waals surface area contributed by atoms with Crippen LogP contribution in [0.25, 0.3) is 0 Å². The number of halogens is 1. The minimum Gasteiger partial charge on any atom is -0.322 e. The standard InChI is InChI=1S/C18H14ClN3O2S/c1-11-4-2-3-5-13(11)16(23)21-12-6-7-14(15(19)10-12)17(24)22-18-20-8-9-25-18/h2-10H,1H3,(H,21,23)(H,20,22,24). The largest absolute Gasteiger partial charge is 0.322 e. The van der Waals surface area contributed by atoms with Crippen molar-refractivity contribution in [1.29, 1.82) is 0 Å². The lowest BCUT2D eigenvalue weighted by atomic mass is 10.1. The zero-order chi connectivity index (χ0) is 17.8. The molecule has 2 aromatic carbocycles. The summed E-state index contributed by atoms with van der Waals surface area (Å²) in [6.45, 7) is 1.87. The summed E-state index contributed by atoms with van der Waals surface area (Å²) in [6, 6.07) is 12.1. The van der Waals surface area contributed by atoms with E-state index in [1.54, 1.807) is 41.9 Å². The molecule has 0 radical (unpaired) electrons. The molecule has 0 aliphatic rings. The molecular formula is C18H14ClN3O2S. The van der Waals surface area contributed by atoms with E-state index in [0.717, 1.165) is 5.56 Å². The minimum atomic E-state index is -0.350. The van der Waals surface area contributed by atoms with Gasteiger partial charge in [0.25, 0.3) is 11.8 Å². The highest BCUT2D eigenvalue weighted by molar-refractivity contribution is 7.13. The van der Waals surface area contributed by atoms with Crippen LogP contribution in [0.4, 0.5) is 10.8 Å². The van der Waals surface area contributed by atoms with E-state index in [-0.39, 0.29) is 16.8 Å². The fourth-order valence-corrected chi connectivity index (χ4v) is 3.04. The summed E-state index contributed by atoms with van der Waals surface area (Å²) >= 11 is 7.52. The Hall–Kier alpha value is -2.70. The van der Waals surface area contributed by atoms with Gasteiger partial charge in [-0.1, -0.05) is 29.8 Å². The molecule has 2 amide bonds. The van der Waals surface area contributed by atoms with E-state index < -0.39 is 0 Å². The van der Waals surface area contributed by atoms with Crippen molar-refractivity contribution in [1.82, 2.24) is 4.98 Å². The number of carbonyl (C=O) groups excluding carboxylic acids is 2. The molecule has 0 atom stereocenters. The van der Waals surface area contributed by atoms with Crippen LogP contribution in [0.1, 0.15) is 26.3 Å². The Bertz CT molecular complexity index is 926. The van der Waals surface area contributed by atoms with E-state index in [1.165, 1.54) is 11.3 Å². The van der Waals surface area contributed by atoms with Gasteiger partial charge in [0.05, 0.1) is 10.6 Å². The van der Waals surface area contributed by atoms with Gasteiger partial charge < -0.3 is 5.32 Å². The maximum absolute atomic E-state index is 12.3. The molecule has 1 heterocycles. The molecular weight excluding hydrogens is 358 g/mol. The summed E-state index contributed by atoms with van der Waals surface area (Å²) in [4.78, 5) is 28.5. The number of rotatable bonds is 4. The summed E-state index contributed by atoms with van der Waals surface area (Å²) in [7, 11) is 0. The van der Waals surface area contributed by atoms with Crippen LogP contribution in [0, 0.1) is 6.92 Å². The second-order valence-corrected chi connectivity index (χ2v) is 6.56. The van der Waals surface area contributed by atoms with Crippen molar-refractivity contribution in [3.63, 3.8) is 0 Å². The Balaban J connectivity index is 1.74. The number of amides is 2. The molecule has 0 unspecified atom stereocenters. The summed E-state index contributed by atoms with van der Waals surface area (Å²) < 4.78 is 0. The first kappa shape index (κ1) is 17.1. The second kappa shape index (κ2) is 7.46. The topological polar surface area (TPSA) is 71.1 Å². The normalized spacial score (nSPS) is 10.3. The van der Waals surface area contributed by atoms with Gasteiger partial charge in [-0.05, 0) is 36.8 Å². The van der Waals surface area contributed by atoms with Gasteiger partial charge in [0, 0.05) is 22.8 Å². The number of nitrogens with one attached hydrogen (secondary N) is 2. The summed E-state index contributed by atoms with van der Waals surface area (Å²) in [5, 5.41) is 7.97. The average molecular weight is 372 g/mol. The van der Waals surface area contributed by atoms with Crippen molar-refractivity contribution in [3.05, 3.63) is 75.8 Å². The number of aryl methyl sites for hydroxylation is 1. The number of aromatic nitrogens is 1. The van der Waals surface area contributed by atoms with E-state index >= 15 is 0 Å². The number of nitrogens with zero attached hydrogens (tertiary/aromatic N) is 1. The number of benzene rings is 2. The lowest BCUT2D eigenvalue weighted by Crippen LogP contribution is -2.15. The van der Waals surface area contributed by atoms with E-state index in [2.05, 4.69) is 15.6 Å². The van der Waals surface area contributed by atoms with Crippen LogP contribution < -0.4 is 10.6 Å². The van der Waals surface area contributed by atoms with Crippen molar-refractivity contribution in [3.8, 4) is 0 Å². The first-order valence-corrected chi connectivity index (χ1v) is 8.68. The van der Waals surface area contributed by atoms with Gasteiger partial charge in [0.2, 0.25) is 0 Å². The molecule has 0 saturated heterocycles. The summed E-state index contributed by atoms with van der Waals surface area (Å²) in [5.74, 6) is -0.578. The average Bonchev–Trinajstić information content (AvgIpc) is 3.08. The molecule has 5 nitrogen and oxygen atoms in total. The Morgan fingerprint density at radius 1 is 1.04 bits per heavy atom. The van der Waals surface area contributed by atoms with Crippen molar-refractivity contribution < 1.29 is 9.59 Å². The Morgan fingerprint density at radius 2 is 1.80 bits per heavy atom. The third kappa shape index (κ3) is 4.04. The molecule has 0 bridgehead atoms. The Kier molecular flexibility index (Phi) is 5.11. The molecule has 2 N–H and O–H groups in total. The minimum absolute atomic E-state index is 0.228. The summed E-state index contributed by atoms with van der Waals surface area (Å²) in [6.07, 6.45) is 1.60. The zero-order valence-electron chi connectivity index (χ0n) is 13.2. The maximum Gasteiger partial charge on any atom is 0.258 e. The molecule has 3 aromatic rings. The van der Waals surface area contributed by atoms with Crippen molar-refractivity contribution in [2.24, 2.45) is 0 Å². The van der Waals surface area contributed by atoms with Crippen LogP contribution in [0.2, 0.25) is 5.02 Å². The van der Waals surface area contributed by atoms with Crippen LogP contribution >= 0.6 is 22.9 Å². The van der Waals surface area contributed by atoms with Crippen LogP contribution in [-0.2, 0) is 0 Å². The smallest absolute Gasteiger partial charge is 0.258 e. The summed E-state index contributed by atoms with van der Waals surface area (Å²) in [5.41, 5.74) is 2.30. The Labute approximate surface area is 153 Å². The fraction of sp³-hybridized carbons (Fsp3) is 0.0556. The van der Waals surface area contributed by atoms with Gasteiger partial charge in [-0.3, -0.25) is 14.9 Å². The molecule has 25 heavy (non-hydrogen) atoms. The first-order chi connectivity index (χ1) is 12.0. The van der Waals surface area contributed by atoms with Gasteiger partial charge in [-0.2, -0.15) is 0 Å². The maximum atomic E-state index is 12.3. The quantitative estimate of drug-likeness (QED) is 0.703. The Morgan fingerprint density at radius 3 is 2.48 bits per heavy atom. The molecule has 7 heteroatoms. The highest BCUT2D eigenvalue weighted by Gasteiger charge is 2.14. The van der Waals surface area contributed by atoms with Gasteiger partial charge >= 0.3 is 0 Å².